The minimum atomic E-state index is -1.01. The number of aromatic nitrogens is 4. The quantitative estimate of drug-likeness (QED) is 0.514. The molecule has 0 aromatic carbocycles. The van der Waals surface area contributed by atoms with Gasteiger partial charge in [-0.2, -0.15) is 5.21 Å². The molecule has 17 heavy (non-hydrogen) atoms. The van der Waals surface area contributed by atoms with Crippen LogP contribution in [0.5, 0.6) is 0 Å². The van der Waals surface area contributed by atoms with Gasteiger partial charge >= 0.3 is 12.0 Å². The number of nitrogens with one attached hydrogen (secondary N) is 3. The zero-order chi connectivity index (χ0) is 12.3. The Balaban J connectivity index is 1.77. The summed E-state index contributed by atoms with van der Waals surface area (Å²) in [5.74, 6) is -0.635. The van der Waals surface area contributed by atoms with E-state index in [0.29, 0.717) is 5.82 Å². The molecular weight excluding hydrogens is 228 g/mol. The summed E-state index contributed by atoms with van der Waals surface area (Å²) >= 11 is 0. The van der Waals surface area contributed by atoms with Crippen LogP contribution in [0.3, 0.4) is 0 Å². The average Bonchev–Trinajstić information content (AvgIpc) is 2.99. The van der Waals surface area contributed by atoms with Gasteiger partial charge in [0.2, 0.25) is 0 Å². The Morgan fingerprint density at radius 3 is 2.82 bits per heavy atom. The monoisotopic (exact) mass is 240 g/mol. The summed E-state index contributed by atoms with van der Waals surface area (Å²) in [6, 6.07) is -1.37. The van der Waals surface area contributed by atoms with Gasteiger partial charge in [0.25, 0.3) is 0 Å². The molecule has 0 bridgehead atoms. The van der Waals surface area contributed by atoms with E-state index in [4.69, 9.17) is 5.11 Å². The van der Waals surface area contributed by atoms with Gasteiger partial charge in [-0.1, -0.05) is 5.21 Å². The fraction of sp³-hybridized carbons (Fsp3) is 0.625. The zero-order valence-corrected chi connectivity index (χ0v) is 8.88. The van der Waals surface area contributed by atoms with Crippen LogP contribution in [-0.4, -0.2) is 43.8 Å². The van der Waals surface area contributed by atoms with Gasteiger partial charge in [-0.3, -0.25) is 0 Å². The molecule has 0 spiro atoms. The molecule has 1 aromatic heterocycles. The largest absolute Gasteiger partial charge is 0.480 e. The molecule has 1 atom stereocenters. The Labute approximate surface area is 96.0 Å². The molecule has 1 saturated carbocycles. The van der Waals surface area contributed by atoms with Gasteiger partial charge in [0, 0.05) is 0 Å². The van der Waals surface area contributed by atoms with Crippen molar-refractivity contribution >= 4 is 12.0 Å². The number of carboxylic acids is 1. The number of amides is 2. The summed E-state index contributed by atoms with van der Waals surface area (Å²) in [4.78, 5) is 22.3. The lowest BCUT2D eigenvalue weighted by Crippen LogP contribution is -2.47. The molecule has 1 fully saturated rings. The Hall–Kier alpha value is -2.19. The molecule has 2 rings (SSSR count). The van der Waals surface area contributed by atoms with E-state index < -0.39 is 18.0 Å². The Morgan fingerprint density at radius 2 is 2.29 bits per heavy atom. The van der Waals surface area contributed by atoms with Crippen LogP contribution in [0.15, 0.2) is 0 Å². The molecule has 1 unspecified atom stereocenters. The predicted octanol–water partition coefficient (Wildman–Crippen LogP) is -1.14. The number of hydrogen-bond donors (Lipinski definition) is 4. The lowest BCUT2D eigenvalue weighted by molar-refractivity contribution is -0.139. The smallest absolute Gasteiger partial charge is 0.326 e. The summed E-state index contributed by atoms with van der Waals surface area (Å²) in [5.41, 5.74) is 0. The third-order valence-electron chi connectivity index (χ3n) is 2.44. The summed E-state index contributed by atoms with van der Waals surface area (Å²) in [7, 11) is 0. The average molecular weight is 240 g/mol. The van der Waals surface area contributed by atoms with E-state index >= 15 is 0 Å². The minimum Gasteiger partial charge on any atom is -0.480 e. The van der Waals surface area contributed by atoms with Crippen LogP contribution >= 0.6 is 0 Å². The first-order valence-electron chi connectivity index (χ1n) is 5.16. The van der Waals surface area contributed by atoms with Crippen molar-refractivity contribution < 1.29 is 14.7 Å². The maximum atomic E-state index is 11.4. The van der Waals surface area contributed by atoms with Crippen molar-refractivity contribution in [2.24, 2.45) is 5.92 Å². The van der Waals surface area contributed by atoms with Crippen LogP contribution in [0, 0.1) is 5.92 Å². The van der Waals surface area contributed by atoms with Crippen LogP contribution in [0.2, 0.25) is 0 Å². The number of carboxylic acid groups (broad SMARTS) is 1. The first-order chi connectivity index (χ1) is 8.16. The highest BCUT2D eigenvalue weighted by Gasteiger charge is 2.37. The standard InChI is InChI=1S/C8H12N6O3/c15-7(16)6(4-1-2-4)10-8(17)9-3-5-11-13-14-12-5/h4,6H,1-3H2,(H,15,16)(H2,9,10,17)(H,11,12,13,14). The fourth-order valence-corrected chi connectivity index (χ4v) is 1.42. The van der Waals surface area contributed by atoms with E-state index in [-0.39, 0.29) is 12.5 Å². The van der Waals surface area contributed by atoms with E-state index in [1.807, 2.05) is 0 Å². The molecule has 9 heteroatoms. The predicted molar refractivity (Wildman–Crippen MR) is 53.7 cm³/mol. The molecule has 1 aliphatic carbocycles. The minimum absolute atomic E-state index is 0.0448. The van der Waals surface area contributed by atoms with E-state index in [0.717, 1.165) is 12.8 Å². The molecule has 0 radical (unpaired) electrons. The van der Waals surface area contributed by atoms with Gasteiger partial charge in [-0.15, -0.1) is 10.2 Å². The van der Waals surface area contributed by atoms with Gasteiger partial charge in [-0.05, 0) is 18.8 Å². The third kappa shape index (κ3) is 3.13. The van der Waals surface area contributed by atoms with Crippen molar-refractivity contribution in [2.75, 3.05) is 0 Å². The van der Waals surface area contributed by atoms with Crippen molar-refractivity contribution in [1.82, 2.24) is 31.3 Å². The lowest BCUT2D eigenvalue weighted by atomic mass is 10.2. The van der Waals surface area contributed by atoms with Crippen molar-refractivity contribution in [3.8, 4) is 0 Å². The number of H-pyrrole nitrogens is 1. The van der Waals surface area contributed by atoms with Gasteiger partial charge in [0.05, 0.1) is 6.54 Å². The summed E-state index contributed by atoms with van der Waals surface area (Å²) in [5, 5.41) is 26.6. The SMILES string of the molecule is O=C(NCc1nn[nH]n1)NC(C(=O)O)C1CC1. The first-order valence-corrected chi connectivity index (χ1v) is 5.16. The number of carbonyl (C=O) groups is 2. The van der Waals surface area contributed by atoms with Crippen LogP contribution < -0.4 is 10.6 Å². The van der Waals surface area contributed by atoms with Gasteiger partial charge in [0.1, 0.15) is 6.04 Å². The summed E-state index contributed by atoms with van der Waals surface area (Å²) in [6.07, 6.45) is 1.67. The second kappa shape index (κ2) is 4.76. The van der Waals surface area contributed by atoms with Crippen molar-refractivity contribution in [2.45, 2.75) is 25.4 Å². The van der Waals surface area contributed by atoms with E-state index in [9.17, 15) is 9.59 Å². The number of carbonyl (C=O) groups excluding carboxylic acids is 1. The summed E-state index contributed by atoms with van der Waals surface area (Å²) < 4.78 is 0. The van der Waals surface area contributed by atoms with Gasteiger partial charge in [0.15, 0.2) is 5.82 Å². The van der Waals surface area contributed by atoms with E-state index in [2.05, 4.69) is 31.3 Å². The third-order valence-corrected chi connectivity index (χ3v) is 2.44. The maximum absolute atomic E-state index is 11.4. The van der Waals surface area contributed by atoms with Crippen LogP contribution in [0.25, 0.3) is 0 Å². The summed E-state index contributed by atoms with van der Waals surface area (Å²) in [6.45, 7) is 0.0966. The van der Waals surface area contributed by atoms with Gasteiger partial charge < -0.3 is 15.7 Å². The highest BCUT2D eigenvalue weighted by molar-refractivity contribution is 5.82. The van der Waals surface area contributed by atoms with Crippen LogP contribution in [0.1, 0.15) is 18.7 Å². The van der Waals surface area contributed by atoms with Crippen LogP contribution in [-0.2, 0) is 11.3 Å². The lowest BCUT2D eigenvalue weighted by Gasteiger charge is -2.13. The maximum Gasteiger partial charge on any atom is 0.326 e. The van der Waals surface area contributed by atoms with Crippen molar-refractivity contribution in [3.63, 3.8) is 0 Å². The highest BCUT2D eigenvalue weighted by Crippen LogP contribution is 2.32. The molecule has 1 aliphatic rings. The number of nitrogens with zero attached hydrogens (tertiary/aromatic N) is 3. The molecule has 0 saturated heterocycles. The Morgan fingerprint density at radius 1 is 1.53 bits per heavy atom. The molecule has 0 aliphatic heterocycles. The molecule has 4 N–H and O–H groups in total. The fourth-order valence-electron chi connectivity index (χ4n) is 1.42. The first kappa shape index (κ1) is 11.3. The number of aromatic amines is 1. The van der Waals surface area contributed by atoms with Crippen LogP contribution in [0.4, 0.5) is 4.79 Å². The van der Waals surface area contributed by atoms with E-state index in [1.54, 1.807) is 0 Å². The van der Waals surface area contributed by atoms with E-state index in [1.165, 1.54) is 0 Å². The number of hydrogen-bond acceptors (Lipinski definition) is 5. The molecule has 2 amide bonds. The highest BCUT2D eigenvalue weighted by atomic mass is 16.4. The normalized spacial score (nSPS) is 16.2. The molecule has 9 nitrogen and oxygen atoms in total. The molecular formula is C8H12N6O3. The Bertz CT molecular complexity index is 401. The number of rotatable bonds is 5. The second-order valence-corrected chi connectivity index (χ2v) is 3.81. The zero-order valence-electron chi connectivity index (χ0n) is 8.88. The number of urea groups is 1. The van der Waals surface area contributed by atoms with Crippen molar-refractivity contribution in [1.29, 1.82) is 0 Å². The number of aliphatic carboxylic acids is 1. The van der Waals surface area contributed by atoms with Crippen molar-refractivity contribution in [3.05, 3.63) is 5.82 Å². The van der Waals surface area contributed by atoms with Gasteiger partial charge in [-0.25, -0.2) is 9.59 Å². The molecule has 1 heterocycles. The topological polar surface area (TPSA) is 133 Å². The molecule has 92 valence electrons. The Kier molecular flexibility index (Phi) is 3.17. The second-order valence-electron chi connectivity index (χ2n) is 3.81. The number of tetrazole rings is 1. The molecule has 1 aromatic rings.